The SMILES string of the molecule is COc1ccc(Cl)cc1CN(C)C(=O)CCN1C(=O)[C@H]2CCCC[C@@H]2C1=O. The highest BCUT2D eigenvalue weighted by Gasteiger charge is 2.47. The van der Waals surface area contributed by atoms with Crippen LogP contribution in [0.2, 0.25) is 5.02 Å². The summed E-state index contributed by atoms with van der Waals surface area (Å²) in [7, 11) is 3.26. The number of nitrogens with zero attached hydrogens (tertiary/aromatic N) is 2. The van der Waals surface area contributed by atoms with Crippen molar-refractivity contribution in [3.05, 3.63) is 28.8 Å². The minimum absolute atomic E-state index is 0.100. The van der Waals surface area contributed by atoms with Gasteiger partial charge in [0.15, 0.2) is 0 Å². The fourth-order valence-corrected chi connectivity index (χ4v) is 4.26. The van der Waals surface area contributed by atoms with Crippen molar-refractivity contribution < 1.29 is 19.1 Å². The van der Waals surface area contributed by atoms with Crippen LogP contribution in [0.1, 0.15) is 37.7 Å². The Morgan fingerprint density at radius 1 is 1.22 bits per heavy atom. The highest BCUT2D eigenvalue weighted by atomic mass is 35.5. The van der Waals surface area contributed by atoms with Crippen molar-refractivity contribution in [3.63, 3.8) is 0 Å². The first-order chi connectivity index (χ1) is 12.9. The number of benzene rings is 1. The lowest BCUT2D eigenvalue weighted by Gasteiger charge is -2.21. The number of hydrogen-bond acceptors (Lipinski definition) is 4. The zero-order valence-electron chi connectivity index (χ0n) is 15.7. The van der Waals surface area contributed by atoms with Gasteiger partial charge < -0.3 is 9.64 Å². The Balaban J connectivity index is 1.58. The van der Waals surface area contributed by atoms with Crippen LogP contribution in [0, 0.1) is 11.8 Å². The Kier molecular flexibility index (Phi) is 6.05. The summed E-state index contributed by atoms with van der Waals surface area (Å²) >= 11 is 6.04. The number of halogens is 1. The monoisotopic (exact) mass is 392 g/mol. The summed E-state index contributed by atoms with van der Waals surface area (Å²) in [5.74, 6) is -0.0153. The van der Waals surface area contributed by atoms with E-state index < -0.39 is 0 Å². The second-order valence-electron chi connectivity index (χ2n) is 7.28. The molecule has 1 aliphatic heterocycles. The summed E-state index contributed by atoms with van der Waals surface area (Å²) in [5.41, 5.74) is 0.806. The van der Waals surface area contributed by atoms with Crippen LogP contribution in [0.5, 0.6) is 5.75 Å². The third-order valence-electron chi connectivity index (χ3n) is 5.56. The van der Waals surface area contributed by atoms with E-state index in [2.05, 4.69) is 0 Å². The van der Waals surface area contributed by atoms with E-state index in [1.807, 2.05) is 0 Å². The molecule has 1 aliphatic carbocycles. The first-order valence-electron chi connectivity index (χ1n) is 9.34. The van der Waals surface area contributed by atoms with E-state index in [-0.39, 0.29) is 42.5 Å². The van der Waals surface area contributed by atoms with Crippen molar-refractivity contribution in [2.45, 2.75) is 38.6 Å². The molecule has 146 valence electrons. The predicted molar refractivity (Wildman–Crippen MR) is 101 cm³/mol. The molecule has 3 rings (SSSR count). The number of ether oxygens (including phenoxy) is 1. The summed E-state index contributed by atoms with van der Waals surface area (Å²) in [6.45, 7) is 0.496. The molecular formula is C20H25ClN2O4. The third-order valence-corrected chi connectivity index (χ3v) is 5.79. The lowest BCUT2D eigenvalue weighted by atomic mass is 9.81. The van der Waals surface area contributed by atoms with Gasteiger partial charge in [0.2, 0.25) is 17.7 Å². The van der Waals surface area contributed by atoms with E-state index in [9.17, 15) is 14.4 Å². The molecule has 7 heteroatoms. The highest BCUT2D eigenvalue weighted by Crippen LogP contribution is 2.38. The van der Waals surface area contributed by atoms with Crippen LogP contribution in [-0.2, 0) is 20.9 Å². The number of carbonyl (C=O) groups excluding carboxylic acids is 3. The molecule has 3 amide bonds. The number of methoxy groups -OCH3 is 1. The van der Waals surface area contributed by atoms with Crippen LogP contribution < -0.4 is 4.74 Å². The molecule has 6 nitrogen and oxygen atoms in total. The molecule has 1 aromatic rings. The number of carbonyl (C=O) groups is 3. The summed E-state index contributed by atoms with van der Waals surface area (Å²) in [6, 6.07) is 5.26. The van der Waals surface area contributed by atoms with E-state index in [0.29, 0.717) is 17.3 Å². The van der Waals surface area contributed by atoms with Crippen molar-refractivity contribution in [1.82, 2.24) is 9.80 Å². The fourth-order valence-electron chi connectivity index (χ4n) is 4.06. The van der Waals surface area contributed by atoms with Crippen molar-refractivity contribution in [2.24, 2.45) is 11.8 Å². The maximum Gasteiger partial charge on any atom is 0.233 e. The molecule has 27 heavy (non-hydrogen) atoms. The second kappa shape index (κ2) is 8.30. The summed E-state index contributed by atoms with van der Waals surface area (Å²) < 4.78 is 5.31. The third kappa shape index (κ3) is 4.10. The number of likely N-dealkylation sites (tertiary alicyclic amines) is 1. The van der Waals surface area contributed by atoms with Crippen LogP contribution in [0.15, 0.2) is 18.2 Å². The molecule has 1 heterocycles. The Hall–Kier alpha value is -2.08. The molecule has 2 aliphatic rings. The zero-order valence-corrected chi connectivity index (χ0v) is 16.5. The quantitative estimate of drug-likeness (QED) is 0.698. The number of rotatable bonds is 6. The van der Waals surface area contributed by atoms with E-state index in [4.69, 9.17) is 16.3 Å². The largest absolute Gasteiger partial charge is 0.496 e. The molecule has 2 fully saturated rings. The smallest absolute Gasteiger partial charge is 0.233 e. The Morgan fingerprint density at radius 3 is 2.44 bits per heavy atom. The van der Waals surface area contributed by atoms with Gasteiger partial charge in [-0.3, -0.25) is 19.3 Å². The molecule has 0 radical (unpaired) electrons. The molecular weight excluding hydrogens is 368 g/mol. The topological polar surface area (TPSA) is 66.9 Å². The molecule has 0 unspecified atom stereocenters. The molecule has 1 saturated carbocycles. The van der Waals surface area contributed by atoms with Crippen LogP contribution in [0.4, 0.5) is 0 Å². The molecule has 0 N–H and O–H groups in total. The molecule has 2 atom stereocenters. The van der Waals surface area contributed by atoms with Crippen LogP contribution in [-0.4, -0.2) is 48.2 Å². The standard InChI is InChI=1S/C20H25ClN2O4/c1-22(12-13-11-14(21)7-8-17(13)27-2)18(24)9-10-23-19(25)15-5-3-4-6-16(15)20(23)26/h7-8,11,15-16H,3-6,9-10,12H2,1-2H3/t15-,16-/m0/s1. The van der Waals surface area contributed by atoms with Crippen molar-refractivity contribution in [1.29, 1.82) is 0 Å². The second-order valence-corrected chi connectivity index (χ2v) is 7.72. The summed E-state index contributed by atoms with van der Waals surface area (Å²) in [4.78, 5) is 40.4. The summed E-state index contributed by atoms with van der Waals surface area (Å²) in [5, 5.41) is 0.572. The van der Waals surface area contributed by atoms with Gasteiger partial charge in [0.25, 0.3) is 0 Å². The summed E-state index contributed by atoms with van der Waals surface area (Å²) in [6.07, 6.45) is 3.69. The minimum atomic E-state index is -0.171. The normalized spacial score (nSPS) is 22.0. The highest BCUT2D eigenvalue weighted by molar-refractivity contribution is 6.30. The van der Waals surface area contributed by atoms with Gasteiger partial charge in [0.05, 0.1) is 18.9 Å². The number of amides is 3. The van der Waals surface area contributed by atoms with E-state index in [1.54, 1.807) is 37.3 Å². The van der Waals surface area contributed by atoms with Crippen molar-refractivity contribution in [2.75, 3.05) is 20.7 Å². The molecule has 0 bridgehead atoms. The van der Waals surface area contributed by atoms with Gasteiger partial charge in [-0.15, -0.1) is 0 Å². The van der Waals surface area contributed by atoms with Crippen LogP contribution >= 0.6 is 11.6 Å². The van der Waals surface area contributed by atoms with Gasteiger partial charge in [-0.05, 0) is 31.0 Å². The fraction of sp³-hybridized carbons (Fsp3) is 0.550. The molecule has 1 aromatic carbocycles. The number of hydrogen-bond donors (Lipinski definition) is 0. The van der Waals surface area contributed by atoms with Crippen molar-refractivity contribution in [3.8, 4) is 5.75 Å². The first kappa shape index (κ1) is 19.7. The average Bonchev–Trinajstić information content (AvgIpc) is 2.91. The van der Waals surface area contributed by atoms with Gasteiger partial charge in [-0.1, -0.05) is 24.4 Å². The average molecular weight is 393 g/mol. The van der Waals surface area contributed by atoms with E-state index >= 15 is 0 Å². The first-order valence-corrected chi connectivity index (χ1v) is 9.71. The van der Waals surface area contributed by atoms with Crippen molar-refractivity contribution >= 4 is 29.3 Å². The van der Waals surface area contributed by atoms with E-state index in [1.165, 1.54) is 4.90 Å². The zero-order chi connectivity index (χ0) is 19.6. The molecule has 0 aromatic heterocycles. The minimum Gasteiger partial charge on any atom is -0.496 e. The molecule has 1 saturated heterocycles. The van der Waals surface area contributed by atoms with E-state index in [0.717, 1.165) is 31.2 Å². The van der Waals surface area contributed by atoms with Crippen LogP contribution in [0.25, 0.3) is 0 Å². The van der Waals surface area contributed by atoms with Gasteiger partial charge in [-0.2, -0.15) is 0 Å². The predicted octanol–water partition coefficient (Wildman–Crippen LogP) is 2.87. The Bertz CT molecular complexity index is 727. The van der Waals surface area contributed by atoms with Crippen LogP contribution in [0.3, 0.4) is 0 Å². The Morgan fingerprint density at radius 2 is 1.85 bits per heavy atom. The van der Waals surface area contributed by atoms with Gasteiger partial charge in [0.1, 0.15) is 5.75 Å². The maximum atomic E-state index is 12.5. The lowest BCUT2D eigenvalue weighted by molar-refractivity contribution is -0.140. The molecule has 0 spiro atoms. The number of fused-ring (bicyclic) bond motifs is 1. The lowest BCUT2D eigenvalue weighted by Crippen LogP contribution is -2.36. The number of imide groups is 1. The van der Waals surface area contributed by atoms with Gasteiger partial charge in [-0.25, -0.2) is 0 Å². The van der Waals surface area contributed by atoms with Gasteiger partial charge >= 0.3 is 0 Å². The maximum absolute atomic E-state index is 12.5. The van der Waals surface area contributed by atoms with Gasteiger partial charge in [0, 0.05) is 37.1 Å². The Labute approximate surface area is 164 Å².